The normalized spacial score (nSPS) is 12.0. The highest BCUT2D eigenvalue weighted by Gasteiger charge is 2.28. The molecule has 12 rings (SSSR count). The Labute approximate surface area is 359 Å². The molecule has 0 spiro atoms. The smallest absolute Gasteiger partial charge is 0.0546 e. The van der Waals surface area contributed by atoms with E-state index in [4.69, 9.17) is 0 Å². The van der Waals surface area contributed by atoms with Gasteiger partial charge >= 0.3 is 0 Å². The number of thiophene rings is 1. The first kappa shape index (κ1) is 35.2. The molecule has 0 saturated carbocycles. The standard InChI is InChI=1S/C58H38N2S/c1-2-38-23-30-49-52-37-45(29-34-56(52)61-57(49)35-38)59(43-17-7-4-8-18-43)44-27-24-39(25-28-44)42-26-32-54-51(36-42)50-21-11-15-41-16-12-22-55(58(41)50)60(54)53-33-31-46(40-13-5-3-6-14-40)47-19-9-10-20-48(47)53/h2-37H,1H2. The summed E-state index contributed by atoms with van der Waals surface area (Å²) in [5.41, 5.74) is 15.4. The highest BCUT2D eigenvalue weighted by Crippen LogP contribution is 2.53. The van der Waals surface area contributed by atoms with E-state index < -0.39 is 0 Å². The summed E-state index contributed by atoms with van der Waals surface area (Å²) in [7, 11) is 0. The maximum atomic E-state index is 3.99. The number of fused-ring (bicyclic) bond motifs is 6. The van der Waals surface area contributed by atoms with Crippen LogP contribution < -0.4 is 9.80 Å². The SMILES string of the molecule is C=Cc1ccc2c(c1)sc1ccc(N(c3ccccc3)c3ccc(-c4ccc5c(c4)-c4cccc6cccc(c46)N5c4ccc(-c5ccccc5)c5ccccc45)cc3)cc12. The summed E-state index contributed by atoms with van der Waals surface area (Å²) in [5, 5.41) is 7.52. The molecule has 2 heterocycles. The van der Waals surface area contributed by atoms with Gasteiger partial charge in [0.05, 0.1) is 17.1 Å². The van der Waals surface area contributed by atoms with Gasteiger partial charge in [-0.1, -0.05) is 152 Å². The van der Waals surface area contributed by atoms with Gasteiger partial charge in [0.25, 0.3) is 0 Å². The first-order valence-corrected chi connectivity index (χ1v) is 21.6. The van der Waals surface area contributed by atoms with Crippen molar-refractivity contribution in [3.63, 3.8) is 0 Å². The van der Waals surface area contributed by atoms with E-state index in [1.165, 1.54) is 92.2 Å². The zero-order chi connectivity index (χ0) is 40.4. The van der Waals surface area contributed by atoms with Gasteiger partial charge < -0.3 is 9.80 Å². The second kappa shape index (κ2) is 14.2. The van der Waals surface area contributed by atoms with Crippen molar-refractivity contribution in [2.24, 2.45) is 0 Å². The Balaban J connectivity index is 0.973. The maximum Gasteiger partial charge on any atom is 0.0546 e. The molecule has 0 bridgehead atoms. The van der Waals surface area contributed by atoms with E-state index in [0.29, 0.717) is 0 Å². The molecule has 1 aliphatic rings. The van der Waals surface area contributed by atoms with Crippen molar-refractivity contribution in [3.8, 4) is 33.4 Å². The Morgan fingerprint density at radius 1 is 0.393 bits per heavy atom. The molecule has 1 aromatic heterocycles. The second-order valence-corrected chi connectivity index (χ2v) is 16.8. The average Bonchev–Trinajstić information content (AvgIpc) is 3.70. The van der Waals surface area contributed by atoms with E-state index in [-0.39, 0.29) is 0 Å². The Hall–Kier alpha value is -7.72. The third-order valence-corrected chi connectivity index (χ3v) is 13.5. The van der Waals surface area contributed by atoms with Crippen LogP contribution >= 0.6 is 11.3 Å². The Morgan fingerprint density at radius 3 is 1.92 bits per heavy atom. The Morgan fingerprint density at radius 2 is 1.10 bits per heavy atom. The highest BCUT2D eigenvalue weighted by atomic mass is 32.1. The zero-order valence-electron chi connectivity index (χ0n) is 33.3. The van der Waals surface area contributed by atoms with Crippen molar-refractivity contribution >= 4 is 93.3 Å². The monoisotopic (exact) mass is 794 g/mol. The van der Waals surface area contributed by atoms with E-state index in [1.807, 2.05) is 17.4 Å². The van der Waals surface area contributed by atoms with Gasteiger partial charge in [0.2, 0.25) is 0 Å². The molecule has 0 atom stereocenters. The van der Waals surface area contributed by atoms with Crippen molar-refractivity contribution in [1.29, 1.82) is 0 Å². The summed E-state index contributed by atoms with van der Waals surface area (Å²) >= 11 is 1.84. The number of para-hydroxylation sites is 1. The number of nitrogens with zero attached hydrogens (tertiary/aromatic N) is 2. The third kappa shape index (κ3) is 5.78. The quantitative estimate of drug-likeness (QED) is 0.159. The van der Waals surface area contributed by atoms with Gasteiger partial charge in [0, 0.05) is 53.6 Å². The van der Waals surface area contributed by atoms with Crippen LogP contribution in [-0.2, 0) is 0 Å². The molecule has 3 heteroatoms. The molecular formula is C58H38N2S. The fourth-order valence-corrected chi connectivity index (χ4v) is 10.6. The molecular weight excluding hydrogens is 757 g/mol. The lowest BCUT2D eigenvalue weighted by atomic mass is 9.88. The van der Waals surface area contributed by atoms with Crippen LogP contribution in [-0.4, -0.2) is 0 Å². The molecule has 0 unspecified atom stereocenters. The number of hydrogen-bond acceptors (Lipinski definition) is 3. The van der Waals surface area contributed by atoms with Crippen LogP contribution in [0.5, 0.6) is 0 Å². The average molecular weight is 795 g/mol. The zero-order valence-corrected chi connectivity index (χ0v) is 34.1. The number of rotatable bonds is 7. The summed E-state index contributed by atoms with van der Waals surface area (Å²) < 4.78 is 2.56. The molecule has 0 radical (unpaired) electrons. The topological polar surface area (TPSA) is 6.48 Å². The van der Waals surface area contributed by atoms with Crippen LogP contribution in [0.25, 0.3) is 81.2 Å². The molecule has 11 aromatic rings. The van der Waals surface area contributed by atoms with Crippen molar-refractivity contribution < 1.29 is 0 Å². The first-order chi connectivity index (χ1) is 30.2. The predicted molar refractivity (Wildman–Crippen MR) is 264 cm³/mol. The van der Waals surface area contributed by atoms with Crippen LogP contribution in [0.4, 0.5) is 34.1 Å². The number of anilines is 6. The molecule has 0 aliphatic carbocycles. The molecule has 0 N–H and O–H groups in total. The second-order valence-electron chi connectivity index (χ2n) is 15.8. The van der Waals surface area contributed by atoms with Gasteiger partial charge in [-0.15, -0.1) is 11.3 Å². The van der Waals surface area contributed by atoms with E-state index >= 15 is 0 Å². The van der Waals surface area contributed by atoms with Crippen LogP contribution in [0.3, 0.4) is 0 Å². The van der Waals surface area contributed by atoms with Crippen molar-refractivity contribution in [2.75, 3.05) is 9.80 Å². The van der Waals surface area contributed by atoms with Gasteiger partial charge in [0.15, 0.2) is 0 Å². The van der Waals surface area contributed by atoms with E-state index in [9.17, 15) is 0 Å². The van der Waals surface area contributed by atoms with Crippen LogP contribution in [0.2, 0.25) is 0 Å². The molecule has 0 amide bonds. The van der Waals surface area contributed by atoms with Crippen LogP contribution in [0, 0.1) is 0 Å². The fraction of sp³-hybridized carbons (Fsp3) is 0. The minimum absolute atomic E-state index is 1.11. The first-order valence-electron chi connectivity index (χ1n) is 20.8. The molecule has 286 valence electrons. The summed E-state index contributed by atoms with van der Waals surface area (Å²) in [5.74, 6) is 0. The summed E-state index contributed by atoms with van der Waals surface area (Å²) in [6.45, 7) is 3.99. The summed E-state index contributed by atoms with van der Waals surface area (Å²) in [6, 6.07) is 77.8. The lowest BCUT2D eigenvalue weighted by Crippen LogP contribution is -2.15. The lowest BCUT2D eigenvalue weighted by Gasteiger charge is -2.34. The van der Waals surface area contributed by atoms with Crippen molar-refractivity contribution in [2.45, 2.75) is 0 Å². The van der Waals surface area contributed by atoms with Gasteiger partial charge in [-0.25, -0.2) is 0 Å². The van der Waals surface area contributed by atoms with E-state index in [0.717, 1.165) is 22.6 Å². The molecule has 61 heavy (non-hydrogen) atoms. The van der Waals surface area contributed by atoms with Crippen LogP contribution in [0.1, 0.15) is 5.56 Å². The van der Waals surface area contributed by atoms with E-state index in [1.54, 1.807) is 0 Å². The highest BCUT2D eigenvalue weighted by molar-refractivity contribution is 7.25. The molecule has 0 saturated heterocycles. The van der Waals surface area contributed by atoms with Crippen molar-refractivity contribution in [3.05, 3.63) is 224 Å². The largest absolute Gasteiger partial charge is 0.310 e. The summed E-state index contributed by atoms with van der Waals surface area (Å²) in [4.78, 5) is 4.85. The van der Waals surface area contributed by atoms with Gasteiger partial charge in [0.1, 0.15) is 0 Å². The maximum absolute atomic E-state index is 3.99. The molecule has 2 nitrogen and oxygen atoms in total. The lowest BCUT2D eigenvalue weighted by molar-refractivity contribution is 1.29. The molecule has 0 fully saturated rings. The molecule has 1 aliphatic heterocycles. The fourth-order valence-electron chi connectivity index (χ4n) is 9.47. The minimum atomic E-state index is 1.11. The van der Waals surface area contributed by atoms with Gasteiger partial charge in [-0.05, 0) is 117 Å². The van der Waals surface area contributed by atoms with Gasteiger partial charge in [-0.2, -0.15) is 0 Å². The number of hydrogen-bond donors (Lipinski definition) is 0. The third-order valence-electron chi connectivity index (χ3n) is 12.3. The Kier molecular flexibility index (Phi) is 8.22. The minimum Gasteiger partial charge on any atom is -0.310 e. The summed E-state index contributed by atoms with van der Waals surface area (Å²) in [6.07, 6.45) is 1.92. The van der Waals surface area contributed by atoms with Crippen molar-refractivity contribution in [1.82, 2.24) is 0 Å². The van der Waals surface area contributed by atoms with Crippen LogP contribution in [0.15, 0.2) is 219 Å². The van der Waals surface area contributed by atoms with Gasteiger partial charge in [-0.3, -0.25) is 0 Å². The molecule has 10 aromatic carbocycles. The Bertz CT molecular complexity index is 3490. The predicted octanol–water partition coefficient (Wildman–Crippen LogP) is 17.3. The number of benzene rings is 10. The van der Waals surface area contributed by atoms with E-state index in [2.05, 4.69) is 229 Å².